The average molecular weight is 276 g/mol. The van der Waals surface area contributed by atoms with E-state index < -0.39 is 12.0 Å². The van der Waals surface area contributed by atoms with Crippen molar-refractivity contribution in [2.75, 3.05) is 0 Å². The van der Waals surface area contributed by atoms with Crippen LogP contribution >= 0.6 is 0 Å². The number of carboxylic acid groups (broad SMARTS) is 1. The number of carbonyl (C=O) groups excluding carboxylic acids is 1. The molecule has 0 spiro atoms. The lowest BCUT2D eigenvalue weighted by molar-refractivity contribution is -0.140. The van der Waals surface area contributed by atoms with Crippen molar-refractivity contribution in [3.8, 4) is 0 Å². The van der Waals surface area contributed by atoms with Crippen LogP contribution in [0.3, 0.4) is 0 Å². The summed E-state index contributed by atoms with van der Waals surface area (Å²) in [6.07, 6.45) is 0.706. The molecule has 1 aliphatic heterocycles. The van der Waals surface area contributed by atoms with Gasteiger partial charge in [-0.3, -0.25) is 0 Å². The predicted octanol–water partition coefficient (Wildman–Crippen LogP) is 2.21. The number of nitrogens with zero attached hydrogens (tertiary/aromatic N) is 1. The molecule has 108 valence electrons. The molecule has 0 fully saturated rings. The lowest BCUT2D eigenvalue weighted by Crippen LogP contribution is -2.49. The minimum atomic E-state index is -0.982. The molecule has 0 bridgehead atoms. The fraction of sp³-hybridized carbons (Fsp3) is 0.467. The van der Waals surface area contributed by atoms with Crippen LogP contribution in [0.15, 0.2) is 24.3 Å². The molecular weight excluding hydrogens is 256 g/mol. The second kappa shape index (κ2) is 5.94. The molecule has 2 unspecified atom stereocenters. The van der Waals surface area contributed by atoms with Gasteiger partial charge in [0.2, 0.25) is 0 Å². The van der Waals surface area contributed by atoms with Crippen LogP contribution in [0.25, 0.3) is 0 Å². The number of fused-ring (bicyclic) bond motifs is 1. The van der Waals surface area contributed by atoms with Gasteiger partial charge >= 0.3 is 12.0 Å². The van der Waals surface area contributed by atoms with Crippen LogP contribution in [-0.4, -0.2) is 28.0 Å². The second-order valence-corrected chi connectivity index (χ2v) is 5.28. The van der Waals surface area contributed by atoms with E-state index in [1.54, 1.807) is 4.90 Å². The van der Waals surface area contributed by atoms with E-state index in [1.807, 2.05) is 38.1 Å². The Hall–Kier alpha value is -2.04. The summed E-state index contributed by atoms with van der Waals surface area (Å²) >= 11 is 0. The first-order chi connectivity index (χ1) is 9.52. The molecule has 0 aromatic heterocycles. The Labute approximate surface area is 118 Å². The molecule has 2 rings (SSSR count). The summed E-state index contributed by atoms with van der Waals surface area (Å²) < 4.78 is 0. The molecule has 2 amide bonds. The Morgan fingerprint density at radius 1 is 1.30 bits per heavy atom. The summed E-state index contributed by atoms with van der Waals surface area (Å²) in [6.45, 7) is 4.82. The molecule has 0 saturated carbocycles. The van der Waals surface area contributed by atoms with Gasteiger partial charge in [-0.05, 0) is 17.0 Å². The molecule has 0 aliphatic carbocycles. The molecule has 20 heavy (non-hydrogen) atoms. The Morgan fingerprint density at radius 2 is 1.85 bits per heavy atom. The third-order valence-corrected chi connectivity index (χ3v) is 3.89. The summed E-state index contributed by atoms with van der Waals surface area (Å²) in [6, 6.07) is 6.72. The maximum atomic E-state index is 12.2. The number of aliphatic carboxylic acids is 1. The van der Waals surface area contributed by atoms with Crippen molar-refractivity contribution in [2.24, 2.45) is 5.92 Å². The van der Waals surface area contributed by atoms with Crippen molar-refractivity contribution in [2.45, 2.75) is 39.4 Å². The molecule has 0 saturated heterocycles. The number of hydrogen-bond acceptors (Lipinski definition) is 2. The first kappa shape index (κ1) is 14.4. The summed E-state index contributed by atoms with van der Waals surface area (Å²) in [5.74, 6) is -1.08. The molecular formula is C15H20N2O3. The first-order valence-corrected chi connectivity index (χ1v) is 6.88. The van der Waals surface area contributed by atoms with Gasteiger partial charge in [-0.15, -0.1) is 0 Å². The summed E-state index contributed by atoms with van der Waals surface area (Å²) in [5, 5.41) is 11.8. The Kier molecular flexibility index (Phi) is 4.27. The zero-order valence-corrected chi connectivity index (χ0v) is 11.8. The van der Waals surface area contributed by atoms with Gasteiger partial charge in [-0.2, -0.15) is 0 Å². The van der Waals surface area contributed by atoms with Crippen LogP contribution < -0.4 is 5.32 Å². The Morgan fingerprint density at radius 3 is 2.30 bits per heavy atom. The van der Waals surface area contributed by atoms with Gasteiger partial charge in [-0.25, -0.2) is 9.59 Å². The van der Waals surface area contributed by atoms with E-state index in [-0.39, 0.29) is 11.9 Å². The predicted molar refractivity (Wildman–Crippen MR) is 75.1 cm³/mol. The first-order valence-electron chi connectivity index (χ1n) is 6.88. The number of hydrogen-bond donors (Lipinski definition) is 2. The number of carbonyl (C=O) groups is 2. The number of carboxylic acids is 1. The highest BCUT2D eigenvalue weighted by Crippen LogP contribution is 2.22. The van der Waals surface area contributed by atoms with Gasteiger partial charge < -0.3 is 15.3 Å². The summed E-state index contributed by atoms with van der Waals surface area (Å²) in [7, 11) is 0. The molecule has 1 heterocycles. The molecule has 1 aromatic rings. The third kappa shape index (κ3) is 2.92. The number of benzene rings is 1. The van der Waals surface area contributed by atoms with Crippen molar-refractivity contribution in [3.05, 3.63) is 35.4 Å². The zero-order chi connectivity index (χ0) is 14.7. The van der Waals surface area contributed by atoms with Crippen LogP contribution in [0.5, 0.6) is 0 Å². The van der Waals surface area contributed by atoms with E-state index in [1.165, 1.54) is 0 Å². The molecule has 0 radical (unpaired) electrons. The van der Waals surface area contributed by atoms with Crippen LogP contribution in [-0.2, 0) is 17.9 Å². The summed E-state index contributed by atoms with van der Waals surface area (Å²) in [4.78, 5) is 25.1. The van der Waals surface area contributed by atoms with Crippen molar-refractivity contribution >= 4 is 12.0 Å². The van der Waals surface area contributed by atoms with Crippen LogP contribution in [0.1, 0.15) is 31.4 Å². The van der Waals surface area contributed by atoms with Crippen LogP contribution in [0, 0.1) is 5.92 Å². The van der Waals surface area contributed by atoms with E-state index in [2.05, 4.69) is 5.32 Å². The third-order valence-electron chi connectivity index (χ3n) is 3.89. The lowest BCUT2D eigenvalue weighted by Gasteiger charge is -2.24. The van der Waals surface area contributed by atoms with Gasteiger partial charge in [0.05, 0.1) is 0 Å². The highest BCUT2D eigenvalue weighted by molar-refractivity contribution is 5.83. The molecule has 2 N–H and O–H groups in total. The standard InChI is InChI=1S/C15H20N2O3/c1-3-10(2)13(14(18)19)16-15(20)17-8-11-6-4-5-7-12(11)9-17/h4-7,10,13H,3,8-9H2,1-2H3,(H,16,20)(H,18,19). The van der Waals surface area contributed by atoms with E-state index in [9.17, 15) is 14.7 Å². The second-order valence-electron chi connectivity index (χ2n) is 5.28. The molecule has 5 heteroatoms. The highest BCUT2D eigenvalue weighted by Gasteiger charge is 2.29. The largest absolute Gasteiger partial charge is 0.480 e. The number of amides is 2. The van der Waals surface area contributed by atoms with Crippen LogP contribution in [0.2, 0.25) is 0 Å². The van der Waals surface area contributed by atoms with E-state index in [0.717, 1.165) is 11.1 Å². The molecule has 1 aliphatic rings. The highest BCUT2D eigenvalue weighted by atomic mass is 16.4. The van der Waals surface area contributed by atoms with Gasteiger partial charge in [0.1, 0.15) is 6.04 Å². The number of nitrogens with one attached hydrogen (secondary N) is 1. The van der Waals surface area contributed by atoms with E-state index in [0.29, 0.717) is 19.5 Å². The van der Waals surface area contributed by atoms with E-state index in [4.69, 9.17) is 0 Å². The fourth-order valence-electron chi connectivity index (χ4n) is 2.38. The normalized spacial score (nSPS) is 16.4. The van der Waals surface area contributed by atoms with Crippen molar-refractivity contribution in [1.29, 1.82) is 0 Å². The minimum Gasteiger partial charge on any atom is -0.480 e. The van der Waals surface area contributed by atoms with Crippen LogP contribution in [0.4, 0.5) is 4.79 Å². The van der Waals surface area contributed by atoms with Gasteiger partial charge in [-0.1, -0.05) is 44.5 Å². The topological polar surface area (TPSA) is 69.6 Å². The smallest absolute Gasteiger partial charge is 0.326 e. The molecule has 2 atom stereocenters. The Bertz CT molecular complexity index is 491. The maximum absolute atomic E-state index is 12.2. The van der Waals surface area contributed by atoms with Crippen molar-refractivity contribution in [1.82, 2.24) is 10.2 Å². The van der Waals surface area contributed by atoms with Gasteiger partial charge in [0.15, 0.2) is 0 Å². The number of rotatable bonds is 4. The van der Waals surface area contributed by atoms with Crippen molar-refractivity contribution in [3.63, 3.8) is 0 Å². The summed E-state index contributed by atoms with van der Waals surface area (Å²) in [5.41, 5.74) is 2.25. The average Bonchev–Trinajstić information content (AvgIpc) is 2.87. The molecule has 1 aromatic carbocycles. The van der Waals surface area contributed by atoms with E-state index >= 15 is 0 Å². The lowest BCUT2D eigenvalue weighted by atomic mass is 9.99. The minimum absolute atomic E-state index is 0.0959. The number of urea groups is 1. The fourth-order valence-corrected chi connectivity index (χ4v) is 2.38. The quantitative estimate of drug-likeness (QED) is 0.885. The van der Waals surface area contributed by atoms with Crippen molar-refractivity contribution < 1.29 is 14.7 Å². The van der Waals surface area contributed by atoms with Gasteiger partial charge in [0, 0.05) is 13.1 Å². The zero-order valence-electron chi connectivity index (χ0n) is 11.8. The molecule has 5 nitrogen and oxygen atoms in total. The Balaban J connectivity index is 2.01. The maximum Gasteiger partial charge on any atom is 0.326 e. The monoisotopic (exact) mass is 276 g/mol. The van der Waals surface area contributed by atoms with Gasteiger partial charge in [0.25, 0.3) is 0 Å². The SMILES string of the molecule is CCC(C)C(NC(=O)N1Cc2ccccc2C1)C(=O)O.